The topological polar surface area (TPSA) is 46.6 Å². The smallest absolute Gasteiger partial charge is 0.311 e. The van der Waals surface area contributed by atoms with E-state index >= 15 is 0 Å². The van der Waals surface area contributed by atoms with Crippen molar-refractivity contribution >= 4 is 29.3 Å². The molecule has 1 fully saturated rings. The quantitative estimate of drug-likeness (QED) is 0.486. The normalized spacial score (nSPS) is 17.6. The fourth-order valence-electron chi connectivity index (χ4n) is 3.46. The van der Waals surface area contributed by atoms with Crippen LogP contribution in [0.3, 0.4) is 0 Å². The molecule has 0 aromatic heterocycles. The van der Waals surface area contributed by atoms with Gasteiger partial charge in [-0.15, -0.1) is 11.8 Å². The number of carbonyl (C=O) groups excluding carboxylic acids is 2. The number of thioether (sulfide) groups is 1. The van der Waals surface area contributed by atoms with Gasteiger partial charge in [0.1, 0.15) is 6.61 Å². The van der Waals surface area contributed by atoms with E-state index in [1.807, 2.05) is 48.7 Å². The number of hydrogen-bond donors (Lipinski definition) is 0. The van der Waals surface area contributed by atoms with Crippen molar-refractivity contribution in [3.63, 3.8) is 0 Å². The fourth-order valence-corrected chi connectivity index (χ4v) is 3.87. The molecule has 1 heterocycles. The molecule has 0 bridgehead atoms. The summed E-state index contributed by atoms with van der Waals surface area (Å²) in [7, 11) is 0. The highest BCUT2D eigenvalue weighted by atomic mass is 32.2. The predicted octanol–water partition coefficient (Wildman–Crippen LogP) is 5.02. The second kappa shape index (κ2) is 9.28. The molecule has 0 saturated carbocycles. The van der Waals surface area contributed by atoms with Gasteiger partial charge in [0.25, 0.3) is 0 Å². The lowest BCUT2D eigenvalue weighted by atomic mass is 9.96. The molecule has 5 heteroatoms. The van der Waals surface area contributed by atoms with E-state index in [2.05, 4.69) is 19.9 Å². The number of nitrogens with zero attached hydrogens (tertiary/aromatic N) is 1. The molecule has 3 rings (SSSR count). The molecule has 1 aliphatic rings. The predicted molar refractivity (Wildman–Crippen MR) is 114 cm³/mol. The third kappa shape index (κ3) is 4.58. The summed E-state index contributed by atoms with van der Waals surface area (Å²) in [6.07, 6.45) is 3.23. The van der Waals surface area contributed by atoms with E-state index < -0.39 is 5.92 Å². The maximum atomic E-state index is 12.6. The van der Waals surface area contributed by atoms with Gasteiger partial charge in [-0.2, -0.15) is 0 Å². The van der Waals surface area contributed by atoms with E-state index in [0.29, 0.717) is 12.5 Å². The number of carbonyl (C=O) groups is 2. The van der Waals surface area contributed by atoms with Gasteiger partial charge in [-0.05, 0) is 47.9 Å². The third-order valence-corrected chi connectivity index (χ3v) is 6.11. The van der Waals surface area contributed by atoms with Crippen LogP contribution in [-0.2, 0) is 20.9 Å². The Kier molecular flexibility index (Phi) is 6.79. The molecule has 0 aliphatic carbocycles. The highest BCUT2D eigenvalue weighted by molar-refractivity contribution is 7.98. The highest BCUT2D eigenvalue weighted by Gasteiger charge is 2.37. The van der Waals surface area contributed by atoms with Crippen molar-refractivity contribution in [3.05, 3.63) is 59.7 Å². The standard InChI is InChI=1S/C23H27NO3S/c1-4-16(2)20-7-5-6-8-21(20)24-14-18(13-22(24)25)23(26)27-15-17-9-11-19(28-3)12-10-17/h5-12,16,18H,4,13-15H2,1-3H3/t16-,18-/m1/s1. The van der Waals surface area contributed by atoms with Gasteiger partial charge in [0.05, 0.1) is 5.92 Å². The minimum Gasteiger partial charge on any atom is -0.461 e. The first-order chi connectivity index (χ1) is 13.5. The number of para-hydroxylation sites is 1. The average Bonchev–Trinajstić information content (AvgIpc) is 3.13. The maximum Gasteiger partial charge on any atom is 0.311 e. The fraction of sp³-hybridized carbons (Fsp3) is 0.391. The van der Waals surface area contributed by atoms with Crippen molar-refractivity contribution in [1.29, 1.82) is 0 Å². The summed E-state index contributed by atoms with van der Waals surface area (Å²) in [5.41, 5.74) is 3.03. The number of rotatable bonds is 7. The average molecular weight is 398 g/mol. The zero-order valence-corrected chi connectivity index (χ0v) is 17.5. The lowest BCUT2D eigenvalue weighted by molar-refractivity contribution is -0.149. The Labute approximate surface area is 171 Å². The van der Waals surface area contributed by atoms with Gasteiger partial charge in [-0.1, -0.05) is 44.2 Å². The molecular formula is C23H27NO3S. The minimum atomic E-state index is -0.414. The number of esters is 1. The zero-order valence-electron chi connectivity index (χ0n) is 16.7. The van der Waals surface area contributed by atoms with Crippen LogP contribution in [-0.4, -0.2) is 24.7 Å². The molecule has 1 amide bonds. The number of anilines is 1. The molecule has 0 spiro atoms. The zero-order chi connectivity index (χ0) is 20.1. The maximum absolute atomic E-state index is 12.6. The number of ether oxygens (including phenoxy) is 1. The molecule has 2 aromatic rings. The van der Waals surface area contributed by atoms with Crippen LogP contribution >= 0.6 is 11.8 Å². The second-order valence-electron chi connectivity index (χ2n) is 7.23. The number of hydrogen-bond acceptors (Lipinski definition) is 4. The van der Waals surface area contributed by atoms with E-state index in [1.165, 1.54) is 4.90 Å². The highest BCUT2D eigenvalue weighted by Crippen LogP contribution is 2.33. The summed E-state index contributed by atoms with van der Waals surface area (Å²) >= 11 is 1.67. The second-order valence-corrected chi connectivity index (χ2v) is 8.11. The molecule has 4 nitrogen and oxygen atoms in total. The Morgan fingerprint density at radius 2 is 1.93 bits per heavy atom. The first-order valence-electron chi connectivity index (χ1n) is 9.72. The van der Waals surface area contributed by atoms with Crippen LogP contribution in [0.4, 0.5) is 5.69 Å². The lowest BCUT2D eigenvalue weighted by Crippen LogP contribution is -2.27. The van der Waals surface area contributed by atoms with Gasteiger partial charge in [0.15, 0.2) is 0 Å². The number of benzene rings is 2. The van der Waals surface area contributed by atoms with E-state index in [4.69, 9.17) is 4.74 Å². The van der Waals surface area contributed by atoms with E-state index in [0.717, 1.165) is 23.2 Å². The summed E-state index contributed by atoms with van der Waals surface area (Å²) in [4.78, 5) is 28.1. The molecule has 0 radical (unpaired) electrons. The van der Waals surface area contributed by atoms with Crippen LogP contribution < -0.4 is 4.90 Å². The van der Waals surface area contributed by atoms with E-state index in [1.54, 1.807) is 16.7 Å². The van der Waals surface area contributed by atoms with Crippen molar-refractivity contribution in [2.45, 2.75) is 44.1 Å². The summed E-state index contributed by atoms with van der Waals surface area (Å²) in [5, 5.41) is 0. The van der Waals surface area contributed by atoms with Crippen molar-refractivity contribution < 1.29 is 14.3 Å². The molecular weight excluding hydrogens is 370 g/mol. The SMILES string of the molecule is CC[C@@H](C)c1ccccc1N1C[C@H](C(=O)OCc2ccc(SC)cc2)CC1=O. The van der Waals surface area contributed by atoms with E-state index in [9.17, 15) is 9.59 Å². The summed E-state index contributed by atoms with van der Waals surface area (Å²) in [5.74, 6) is -0.366. The van der Waals surface area contributed by atoms with Crippen LogP contribution in [0.1, 0.15) is 43.7 Å². The van der Waals surface area contributed by atoms with Crippen LogP contribution in [0.15, 0.2) is 53.4 Å². The first kappa shape index (κ1) is 20.5. The lowest BCUT2D eigenvalue weighted by Gasteiger charge is -2.23. The van der Waals surface area contributed by atoms with Crippen molar-refractivity contribution in [3.8, 4) is 0 Å². The molecule has 0 unspecified atom stereocenters. The Bertz CT molecular complexity index is 834. The number of amides is 1. The summed E-state index contributed by atoms with van der Waals surface area (Å²) in [6, 6.07) is 15.9. The van der Waals surface area contributed by atoms with Gasteiger partial charge in [-0.3, -0.25) is 9.59 Å². The Morgan fingerprint density at radius 1 is 1.21 bits per heavy atom. The molecule has 148 valence electrons. The molecule has 2 aromatic carbocycles. The van der Waals surface area contributed by atoms with Crippen LogP contribution in [0.5, 0.6) is 0 Å². The van der Waals surface area contributed by atoms with E-state index in [-0.39, 0.29) is 24.9 Å². The van der Waals surface area contributed by atoms with Crippen LogP contribution in [0, 0.1) is 5.92 Å². The molecule has 0 N–H and O–H groups in total. The molecule has 1 aliphatic heterocycles. The monoisotopic (exact) mass is 397 g/mol. The Hall–Kier alpha value is -2.27. The minimum absolute atomic E-state index is 0.0120. The molecule has 1 saturated heterocycles. The van der Waals surface area contributed by atoms with Crippen LogP contribution in [0.25, 0.3) is 0 Å². The molecule has 28 heavy (non-hydrogen) atoms. The summed E-state index contributed by atoms with van der Waals surface area (Å²) < 4.78 is 5.49. The largest absolute Gasteiger partial charge is 0.461 e. The third-order valence-electron chi connectivity index (χ3n) is 5.37. The van der Waals surface area contributed by atoms with Gasteiger partial charge in [0, 0.05) is 23.5 Å². The van der Waals surface area contributed by atoms with Gasteiger partial charge < -0.3 is 9.64 Å². The van der Waals surface area contributed by atoms with Crippen molar-refractivity contribution in [2.24, 2.45) is 5.92 Å². The van der Waals surface area contributed by atoms with Crippen molar-refractivity contribution in [2.75, 3.05) is 17.7 Å². The van der Waals surface area contributed by atoms with Crippen LogP contribution in [0.2, 0.25) is 0 Å². The van der Waals surface area contributed by atoms with Gasteiger partial charge >= 0.3 is 5.97 Å². The molecule has 2 atom stereocenters. The van der Waals surface area contributed by atoms with Gasteiger partial charge in [-0.25, -0.2) is 0 Å². The van der Waals surface area contributed by atoms with Crippen molar-refractivity contribution in [1.82, 2.24) is 0 Å². The van der Waals surface area contributed by atoms with Gasteiger partial charge in [0.2, 0.25) is 5.91 Å². The first-order valence-corrected chi connectivity index (χ1v) is 10.9. The Balaban J connectivity index is 1.64. The summed E-state index contributed by atoms with van der Waals surface area (Å²) in [6.45, 7) is 4.92. The Morgan fingerprint density at radius 3 is 2.61 bits per heavy atom.